The fourth-order valence-corrected chi connectivity index (χ4v) is 6.77. The first-order valence-corrected chi connectivity index (χ1v) is 12.4. The smallest absolute Gasteiger partial charge is 0.309 e. The Kier molecular flexibility index (Phi) is 6.96. The second kappa shape index (κ2) is 9.72. The van der Waals surface area contributed by atoms with E-state index in [4.69, 9.17) is 9.47 Å². The number of carbonyl (C=O) groups excluding carboxylic acids is 2. The first-order valence-electron chi connectivity index (χ1n) is 12.4. The molecule has 32 heavy (non-hydrogen) atoms. The molecule has 0 saturated heterocycles. The third kappa shape index (κ3) is 4.89. The molecule has 2 N–H and O–H groups in total. The quantitative estimate of drug-likeness (QED) is 0.570. The summed E-state index contributed by atoms with van der Waals surface area (Å²) < 4.78 is 11.3. The molecule has 6 nitrogen and oxygen atoms in total. The molecule has 0 aromatic heterocycles. The summed E-state index contributed by atoms with van der Waals surface area (Å²) in [5, 5.41) is 5.82. The summed E-state index contributed by atoms with van der Waals surface area (Å²) in [7, 11) is 0. The highest BCUT2D eigenvalue weighted by molar-refractivity contribution is 6.35. The Bertz CT molecular complexity index is 802. The van der Waals surface area contributed by atoms with Crippen LogP contribution in [0.1, 0.15) is 64.9 Å². The predicted octanol–water partition coefficient (Wildman–Crippen LogP) is 3.86. The Morgan fingerprint density at radius 2 is 1.56 bits per heavy atom. The molecule has 5 rings (SSSR count). The second-order valence-corrected chi connectivity index (χ2v) is 10.1. The Balaban J connectivity index is 1.26. The minimum Gasteiger partial charge on any atom is -0.490 e. The fourth-order valence-electron chi connectivity index (χ4n) is 6.77. The minimum absolute atomic E-state index is 0.0500. The maximum Gasteiger partial charge on any atom is 0.309 e. The van der Waals surface area contributed by atoms with Crippen LogP contribution in [0.5, 0.6) is 11.5 Å². The van der Waals surface area contributed by atoms with Gasteiger partial charge in [-0.15, -0.1) is 0 Å². The van der Waals surface area contributed by atoms with E-state index in [-0.39, 0.29) is 11.5 Å². The highest BCUT2D eigenvalue weighted by Gasteiger charge is 2.53. The van der Waals surface area contributed by atoms with Crippen LogP contribution < -0.4 is 20.1 Å². The fraction of sp³-hybridized carbons (Fsp3) is 0.692. The minimum atomic E-state index is -0.544. The highest BCUT2D eigenvalue weighted by Crippen LogP contribution is 2.61. The lowest BCUT2D eigenvalue weighted by molar-refractivity contribution is -0.141. The van der Waals surface area contributed by atoms with Crippen molar-refractivity contribution in [1.29, 1.82) is 0 Å². The number of ether oxygens (including phenoxy) is 2. The van der Waals surface area contributed by atoms with E-state index in [9.17, 15) is 9.59 Å². The molecule has 4 aliphatic carbocycles. The number of nitrogens with one attached hydrogen (secondary N) is 2. The van der Waals surface area contributed by atoms with Gasteiger partial charge >= 0.3 is 11.8 Å². The summed E-state index contributed by atoms with van der Waals surface area (Å²) in [6.45, 7) is 7.51. The van der Waals surface area contributed by atoms with Crippen LogP contribution in [-0.4, -0.2) is 37.6 Å². The zero-order valence-corrected chi connectivity index (χ0v) is 19.7. The van der Waals surface area contributed by atoms with Crippen LogP contribution in [-0.2, 0) is 16.0 Å². The Morgan fingerprint density at radius 1 is 0.969 bits per heavy atom. The molecule has 1 atom stereocenters. The number of hydrogen-bond acceptors (Lipinski definition) is 4. The molecule has 2 amide bonds. The molecule has 0 aliphatic heterocycles. The third-order valence-corrected chi connectivity index (χ3v) is 7.87. The van der Waals surface area contributed by atoms with Gasteiger partial charge in [-0.3, -0.25) is 9.59 Å². The van der Waals surface area contributed by atoms with Crippen LogP contribution in [0.15, 0.2) is 18.2 Å². The predicted molar refractivity (Wildman–Crippen MR) is 124 cm³/mol. The normalized spacial score (nSPS) is 28.8. The molecule has 4 saturated carbocycles. The SMILES string of the molecule is CCOc1ccc(CCNC(=O)C(=O)NC(C)C23CC4CC(CC(C4)C2)C3)cc1OCC. The van der Waals surface area contributed by atoms with Crippen LogP contribution in [0, 0.1) is 23.2 Å². The summed E-state index contributed by atoms with van der Waals surface area (Å²) in [5.74, 6) is 2.85. The molecule has 0 radical (unpaired) electrons. The van der Waals surface area contributed by atoms with E-state index in [1.54, 1.807) is 0 Å². The molecule has 0 heterocycles. The van der Waals surface area contributed by atoms with E-state index in [0.29, 0.717) is 31.9 Å². The Labute approximate surface area is 191 Å². The molecule has 1 aromatic carbocycles. The van der Waals surface area contributed by atoms with Gasteiger partial charge in [0.05, 0.1) is 13.2 Å². The zero-order valence-electron chi connectivity index (χ0n) is 19.7. The Morgan fingerprint density at radius 3 is 2.16 bits per heavy atom. The lowest BCUT2D eigenvalue weighted by Crippen LogP contribution is -2.57. The highest BCUT2D eigenvalue weighted by atomic mass is 16.5. The largest absolute Gasteiger partial charge is 0.490 e. The molecule has 4 fully saturated rings. The second-order valence-electron chi connectivity index (χ2n) is 10.1. The van der Waals surface area contributed by atoms with Gasteiger partial charge in [-0.2, -0.15) is 0 Å². The van der Waals surface area contributed by atoms with Gasteiger partial charge in [0.1, 0.15) is 0 Å². The van der Waals surface area contributed by atoms with Crippen LogP contribution in [0.4, 0.5) is 0 Å². The van der Waals surface area contributed by atoms with Gasteiger partial charge in [-0.25, -0.2) is 0 Å². The number of amides is 2. The van der Waals surface area contributed by atoms with E-state index < -0.39 is 11.8 Å². The zero-order chi connectivity index (χ0) is 22.7. The Hall–Kier alpha value is -2.24. The first-order chi connectivity index (χ1) is 15.4. The van der Waals surface area contributed by atoms with Crippen LogP contribution in [0.3, 0.4) is 0 Å². The van der Waals surface area contributed by atoms with Crippen molar-refractivity contribution in [3.8, 4) is 11.5 Å². The van der Waals surface area contributed by atoms with E-state index in [1.807, 2.05) is 32.0 Å². The molecule has 176 valence electrons. The van der Waals surface area contributed by atoms with Crippen molar-refractivity contribution in [2.24, 2.45) is 23.2 Å². The maximum absolute atomic E-state index is 12.6. The molecule has 0 spiro atoms. The molecular formula is C26H38N2O4. The van der Waals surface area contributed by atoms with Gasteiger partial charge in [-0.05, 0) is 107 Å². The lowest BCUT2D eigenvalue weighted by Gasteiger charge is -2.59. The van der Waals surface area contributed by atoms with Gasteiger partial charge in [-0.1, -0.05) is 6.07 Å². The first kappa shape index (κ1) is 22.9. The maximum atomic E-state index is 12.6. The van der Waals surface area contributed by atoms with Crippen LogP contribution in [0.2, 0.25) is 0 Å². The molecular weight excluding hydrogens is 404 g/mol. The monoisotopic (exact) mass is 442 g/mol. The summed E-state index contributed by atoms with van der Waals surface area (Å²) in [6, 6.07) is 5.85. The van der Waals surface area contributed by atoms with Crippen LogP contribution >= 0.6 is 0 Å². The summed E-state index contributed by atoms with van der Waals surface area (Å²) in [5.41, 5.74) is 1.22. The molecule has 6 heteroatoms. The van der Waals surface area contributed by atoms with Gasteiger partial charge in [0, 0.05) is 12.6 Å². The number of benzene rings is 1. The van der Waals surface area contributed by atoms with Gasteiger partial charge in [0.15, 0.2) is 11.5 Å². The number of hydrogen-bond donors (Lipinski definition) is 2. The van der Waals surface area contributed by atoms with E-state index in [2.05, 4.69) is 17.6 Å². The summed E-state index contributed by atoms with van der Waals surface area (Å²) in [4.78, 5) is 25.0. The van der Waals surface area contributed by atoms with E-state index >= 15 is 0 Å². The van der Waals surface area contributed by atoms with Gasteiger partial charge in [0.2, 0.25) is 0 Å². The summed E-state index contributed by atoms with van der Waals surface area (Å²) in [6.07, 6.45) is 8.37. The van der Waals surface area contributed by atoms with Crippen molar-refractivity contribution in [1.82, 2.24) is 10.6 Å². The number of carbonyl (C=O) groups is 2. The average Bonchev–Trinajstić information content (AvgIpc) is 2.74. The standard InChI is InChI=1S/C26H38N2O4/c1-4-31-22-7-6-18(13-23(22)32-5-2)8-9-27-24(29)25(30)28-17(3)26-14-19-10-20(15-26)12-21(11-19)16-26/h6-7,13,17,19-21H,4-5,8-12,14-16H2,1-3H3,(H,27,29)(H,28,30). The van der Waals surface area contributed by atoms with E-state index in [0.717, 1.165) is 29.1 Å². The third-order valence-electron chi connectivity index (χ3n) is 7.87. The van der Waals surface area contributed by atoms with Crippen molar-refractivity contribution in [3.05, 3.63) is 23.8 Å². The average molecular weight is 443 g/mol. The molecule has 1 aromatic rings. The van der Waals surface area contributed by atoms with Crippen molar-refractivity contribution in [3.63, 3.8) is 0 Å². The van der Waals surface area contributed by atoms with Crippen LogP contribution in [0.25, 0.3) is 0 Å². The molecule has 4 bridgehead atoms. The molecule has 1 unspecified atom stereocenters. The van der Waals surface area contributed by atoms with Crippen molar-refractivity contribution in [2.75, 3.05) is 19.8 Å². The van der Waals surface area contributed by atoms with Gasteiger partial charge in [0.25, 0.3) is 0 Å². The van der Waals surface area contributed by atoms with E-state index in [1.165, 1.54) is 38.5 Å². The number of rotatable bonds is 9. The topological polar surface area (TPSA) is 76.7 Å². The van der Waals surface area contributed by atoms with Crippen molar-refractivity contribution < 1.29 is 19.1 Å². The van der Waals surface area contributed by atoms with Gasteiger partial charge < -0.3 is 20.1 Å². The molecule has 4 aliphatic rings. The van der Waals surface area contributed by atoms with Crippen molar-refractivity contribution in [2.45, 2.75) is 71.8 Å². The van der Waals surface area contributed by atoms with Crippen molar-refractivity contribution >= 4 is 11.8 Å². The summed E-state index contributed by atoms with van der Waals surface area (Å²) >= 11 is 0. The lowest BCUT2D eigenvalue weighted by atomic mass is 9.48.